The number of benzene rings is 2. The summed E-state index contributed by atoms with van der Waals surface area (Å²) in [6, 6.07) is 31.1. The first-order valence-electron chi connectivity index (χ1n) is 11.0. The summed E-state index contributed by atoms with van der Waals surface area (Å²) in [6.07, 6.45) is 9.46. The zero-order valence-electron chi connectivity index (χ0n) is 18.8. The van der Waals surface area contributed by atoms with E-state index in [1.54, 1.807) is 33.9 Å². The second-order valence-corrected chi connectivity index (χ2v) is 7.62. The Morgan fingerprint density at radius 2 is 1.00 bits per heavy atom. The number of ether oxygens (including phenoxy) is 1. The van der Waals surface area contributed by atoms with E-state index in [-0.39, 0.29) is 21.1 Å². The Morgan fingerprint density at radius 1 is 0.556 bits per heavy atom. The van der Waals surface area contributed by atoms with E-state index in [1.807, 2.05) is 84.9 Å². The normalized spacial score (nSPS) is 10.6. The van der Waals surface area contributed by atoms with Crippen LogP contribution in [0.3, 0.4) is 0 Å². The van der Waals surface area contributed by atoms with Gasteiger partial charge in [-0.25, -0.2) is 0 Å². The number of aromatic nitrogens is 6. The van der Waals surface area contributed by atoms with Crippen molar-refractivity contribution >= 4 is 0 Å². The summed E-state index contributed by atoms with van der Waals surface area (Å²) >= 11 is 0. The minimum Gasteiger partial charge on any atom is -0.423 e. The summed E-state index contributed by atoms with van der Waals surface area (Å²) in [4.78, 5) is 9.47. The summed E-state index contributed by atoms with van der Waals surface area (Å²) in [5.41, 5.74) is 3.87. The second-order valence-electron chi connectivity index (χ2n) is 7.62. The standard InChI is InChI=1S/C28H18N6O.Pt/c1-3-9-21(10-4-1)23-13-15-25(31-27(23)33-19-7-17-29-33)35-26-16-14-24(22-11-5-2-6-12-22)28(32-26)34-20-8-18-30-34;/h1-18H;/q-2;+2. The van der Waals surface area contributed by atoms with Crippen LogP contribution in [0.4, 0.5) is 0 Å². The van der Waals surface area contributed by atoms with Crippen LogP contribution < -0.4 is 4.74 Å². The van der Waals surface area contributed by atoms with E-state index in [0.29, 0.717) is 23.4 Å². The molecule has 0 atom stereocenters. The van der Waals surface area contributed by atoms with Gasteiger partial charge in [0.15, 0.2) is 0 Å². The molecule has 6 aromatic rings. The Morgan fingerprint density at radius 3 is 1.39 bits per heavy atom. The van der Waals surface area contributed by atoms with Gasteiger partial charge in [-0.2, -0.15) is 0 Å². The summed E-state index contributed by atoms with van der Waals surface area (Å²) in [7, 11) is 0. The van der Waals surface area contributed by atoms with Gasteiger partial charge in [0.2, 0.25) is 11.8 Å². The van der Waals surface area contributed by atoms with Crippen LogP contribution in [-0.4, -0.2) is 29.5 Å². The van der Waals surface area contributed by atoms with Gasteiger partial charge in [-0.05, 0) is 34.4 Å². The molecule has 36 heavy (non-hydrogen) atoms. The molecule has 0 saturated carbocycles. The maximum Gasteiger partial charge on any atom is 2.00 e. The fourth-order valence-corrected chi connectivity index (χ4v) is 3.80. The Hall–Kier alpha value is -4.35. The molecule has 176 valence electrons. The molecule has 0 aliphatic heterocycles. The van der Waals surface area contributed by atoms with Crippen LogP contribution in [0.15, 0.2) is 109 Å². The van der Waals surface area contributed by atoms with Crippen LogP contribution in [-0.2, 0) is 21.1 Å². The number of hydrogen-bond donors (Lipinski definition) is 0. The van der Waals surface area contributed by atoms with Crippen molar-refractivity contribution in [1.82, 2.24) is 29.5 Å². The third-order valence-electron chi connectivity index (χ3n) is 5.39. The SMILES string of the molecule is [Pt+2].[c-]1ccnn1-c1nc(Oc2ccc(-c3ccccc3)c(-n3[c-]ccn3)n2)ccc1-c1ccccc1. The first-order chi connectivity index (χ1) is 17.3. The van der Waals surface area contributed by atoms with Crippen molar-refractivity contribution in [1.29, 1.82) is 0 Å². The zero-order chi connectivity index (χ0) is 23.5. The van der Waals surface area contributed by atoms with Gasteiger partial charge in [-0.1, -0.05) is 97.6 Å². The smallest absolute Gasteiger partial charge is 0.423 e. The Labute approximate surface area is 222 Å². The molecule has 0 bridgehead atoms. The summed E-state index contributed by atoms with van der Waals surface area (Å²) in [5, 5.41) is 8.65. The molecule has 0 aliphatic rings. The Kier molecular flexibility index (Phi) is 6.82. The van der Waals surface area contributed by atoms with E-state index in [0.717, 1.165) is 22.3 Å². The molecule has 0 aliphatic carbocycles. The minimum atomic E-state index is 0. The van der Waals surface area contributed by atoms with Crippen LogP contribution in [0.1, 0.15) is 0 Å². The Balaban J connectivity index is 0.00000267. The molecule has 4 aromatic heterocycles. The van der Waals surface area contributed by atoms with Gasteiger partial charge in [0.05, 0.1) is 11.6 Å². The van der Waals surface area contributed by atoms with E-state index in [1.165, 1.54) is 0 Å². The average molecular weight is 650 g/mol. The molecule has 8 heteroatoms. The summed E-state index contributed by atoms with van der Waals surface area (Å²) in [6.45, 7) is 0. The van der Waals surface area contributed by atoms with Gasteiger partial charge in [0.1, 0.15) is 0 Å². The van der Waals surface area contributed by atoms with Gasteiger partial charge < -0.3 is 14.1 Å². The van der Waals surface area contributed by atoms with Crippen LogP contribution in [0, 0.1) is 12.4 Å². The van der Waals surface area contributed by atoms with E-state index in [2.05, 4.69) is 22.6 Å². The third kappa shape index (κ3) is 4.74. The monoisotopic (exact) mass is 649 g/mol. The maximum absolute atomic E-state index is 6.11. The van der Waals surface area contributed by atoms with Crippen LogP contribution in [0.2, 0.25) is 0 Å². The first kappa shape index (κ1) is 23.4. The fraction of sp³-hybridized carbons (Fsp3) is 0. The van der Waals surface area contributed by atoms with Gasteiger partial charge in [0.25, 0.3) is 0 Å². The molecule has 0 saturated heterocycles. The molecule has 7 nitrogen and oxygen atoms in total. The van der Waals surface area contributed by atoms with Crippen molar-refractivity contribution in [2.75, 3.05) is 0 Å². The second kappa shape index (κ2) is 10.5. The molecule has 0 spiro atoms. The van der Waals surface area contributed by atoms with Gasteiger partial charge in [-0.3, -0.25) is 20.2 Å². The fourth-order valence-electron chi connectivity index (χ4n) is 3.80. The molecule has 2 aromatic carbocycles. The van der Waals surface area contributed by atoms with Gasteiger partial charge in [-0.15, -0.1) is 12.1 Å². The molecule has 0 amide bonds. The van der Waals surface area contributed by atoms with E-state index < -0.39 is 0 Å². The number of pyridine rings is 2. The van der Waals surface area contributed by atoms with Crippen molar-refractivity contribution in [3.05, 3.63) is 122 Å². The molecule has 6 rings (SSSR count). The van der Waals surface area contributed by atoms with Crippen molar-refractivity contribution < 1.29 is 25.8 Å². The molecular formula is C28H18N6OPt. The van der Waals surface area contributed by atoms with E-state index in [9.17, 15) is 0 Å². The summed E-state index contributed by atoms with van der Waals surface area (Å²) in [5.74, 6) is 2.00. The predicted molar refractivity (Wildman–Crippen MR) is 131 cm³/mol. The van der Waals surface area contributed by atoms with Crippen molar-refractivity contribution in [3.63, 3.8) is 0 Å². The van der Waals surface area contributed by atoms with Gasteiger partial charge >= 0.3 is 21.1 Å². The van der Waals surface area contributed by atoms with Crippen molar-refractivity contribution in [3.8, 4) is 45.6 Å². The number of rotatable bonds is 6. The molecule has 0 fully saturated rings. The topological polar surface area (TPSA) is 70.7 Å². The first-order valence-corrected chi connectivity index (χ1v) is 11.0. The van der Waals surface area contributed by atoms with E-state index in [4.69, 9.17) is 14.7 Å². The average Bonchev–Trinajstić information content (AvgIpc) is 3.65. The molecule has 0 radical (unpaired) electrons. The molecule has 0 unspecified atom stereocenters. The molecular weight excluding hydrogens is 631 g/mol. The molecule has 0 N–H and O–H groups in total. The minimum absolute atomic E-state index is 0. The van der Waals surface area contributed by atoms with E-state index >= 15 is 0 Å². The third-order valence-corrected chi connectivity index (χ3v) is 5.39. The quantitative estimate of drug-likeness (QED) is 0.221. The van der Waals surface area contributed by atoms with Crippen LogP contribution in [0.5, 0.6) is 11.8 Å². The number of nitrogens with zero attached hydrogens (tertiary/aromatic N) is 6. The Bertz CT molecular complexity index is 1430. The van der Waals surface area contributed by atoms with Crippen molar-refractivity contribution in [2.45, 2.75) is 0 Å². The van der Waals surface area contributed by atoms with Gasteiger partial charge in [0, 0.05) is 0 Å². The largest absolute Gasteiger partial charge is 2.00 e. The molecule has 4 heterocycles. The van der Waals surface area contributed by atoms with Crippen LogP contribution >= 0.6 is 0 Å². The van der Waals surface area contributed by atoms with Crippen LogP contribution in [0.25, 0.3) is 33.9 Å². The maximum atomic E-state index is 6.11. The summed E-state index contributed by atoms with van der Waals surface area (Å²) < 4.78 is 9.31. The predicted octanol–water partition coefficient (Wildman–Crippen LogP) is 5.57. The van der Waals surface area contributed by atoms with Crippen molar-refractivity contribution in [2.24, 2.45) is 0 Å². The zero-order valence-corrected chi connectivity index (χ0v) is 21.1. The number of hydrogen-bond acceptors (Lipinski definition) is 5.